The highest BCUT2D eigenvalue weighted by atomic mass is 31.2. The van der Waals surface area contributed by atoms with Gasteiger partial charge in [0.05, 0.1) is 6.16 Å². The van der Waals surface area contributed by atoms with E-state index in [-0.39, 0.29) is 5.57 Å². The van der Waals surface area contributed by atoms with E-state index >= 15 is 0 Å². The van der Waals surface area contributed by atoms with Gasteiger partial charge >= 0.3 is 5.97 Å². The lowest BCUT2D eigenvalue weighted by molar-refractivity contribution is -0.132. The molecule has 3 N–H and O–H groups in total. The predicted molar refractivity (Wildman–Crippen MR) is 63.8 cm³/mol. The maximum Gasteiger partial charge on any atom is 0.332 e. The first-order chi connectivity index (χ1) is 7.94. The molecule has 0 radical (unpaired) electrons. The number of carboxylic acid groups (broad SMARTS) is 1. The van der Waals surface area contributed by atoms with Crippen LogP contribution in [0.1, 0.15) is 5.56 Å². The maximum absolute atomic E-state index is 11.3. The first-order valence-corrected chi connectivity index (χ1v) is 6.88. The van der Waals surface area contributed by atoms with Crippen molar-refractivity contribution in [2.75, 3.05) is 12.5 Å². The van der Waals surface area contributed by atoms with Crippen LogP contribution in [0.5, 0.6) is 0 Å². The van der Waals surface area contributed by atoms with Crippen LogP contribution in [0.3, 0.4) is 0 Å². The molecule has 1 rings (SSSR count). The molecule has 1 atom stereocenters. The van der Waals surface area contributed by atoms with Gasteiger partial charge in [-0.3, -0.25) is 4.57 Å². The van der Waals surface area contributed by atoms with Gasteiger partial charge in [-0.25, -0.2) is 4.79 Å². The number of aliphatic carboxylic acids is 1. The summed E-state index contributed by atoms with van der Waals surface area (Å²) in [4.78, 5) is 20.1. The molecule has 0 saturated heterocycles. The molecule has 1 unspecified atom stereocenters. The van der Waals surface area contributed by atoms with Gasteiger partial charge in [-0.1, -0.05) is 30.3 Å². The van der Waals surface area contributed by atoms with Gasteiger partial charge in [0.2, 0.25) is 7.37 Å². The van der Waals surface area contributed by atoms with Crippen LogP contribution in [0.15, 0.2) is 35.9 Å². The zero-order valence-corrected chi connectivity index (χ0v) is 9.88. The molecule has 0 saturated carbocycles. The lowest BCUT2D eigenvalue weighted by Gasteiger charge is -2.08. The number of rotatable bonds is 5. The van der Waals surface area contributed by atoms with Crippen LogP contribution in [0, 0.1) is 0 Å². The minimum absolute atomic E-state index is 0.198. The van der Waals surface area contributed by atoms with E-state index in [2.05, 4.69) is 0 Å². The third kappa shape index (κ3) is 4.53. The van der Waals surface area contributed by atoms with Crippen molar-refractivity contribution in [3.63, 3.8) is 0 Å². The normalized spacial score (nSPS) is 15.3. The van der Waals surface area contributed by atoms with E-state index < -0.39 is 25.8 Å². The summed E-state index contributed by atoms with van der Waals surface area (Å²) in [5, 5.41) is 17.6. The Morgan fingerprint density at radius 1 is 1.29 bits per heavy atom. The van der Waals surface area contributed by atoms with Gasteiger partial charge in [-0.15, -0.1) is 0 Å². The summed E-state index contributed by atoms with van der Waals surface area (Å²) in [5.41, 5.74) is 0.430. The number of benzene rings is 1. The Hall–Kier alpha value is -1.42. The van der Waals surface area contributed by atoms with Crippen LogP contribution in [0.2, 0.25) is 0 Å². The molecule has 0 aliphatic heterocycles. The number of aliphatic hydroxyl groups excluding tert-OH is 1. The lowest BCUT2D eigenvalue weighted by atomic mass is 10.1. The van der Waals surface area contributed by atoms with E-state index in [1.807, 2.05) is 0 Å². The molecule has 0 bridgehead atoms. The van der Waals surface area contributed by atoms with Crippen molar-refractivity contribution in [2.24, 2.45) is 0 Å². The van der Waals surface area contributed by atoms with E-state index in [4.69, 9.17) is 10.2 Å². The molecule has 0 fully saturated rings. The Bertz CT molecular complexity index is 466. The Balaban J connectivity index is 2.99. The van der Waals surface area contributed by atoms with E-state index in [1.54, 1.807) is 30.3 Å². The van der Waals surface area contributed by atoms with Crippen molar-refractivity contribution in [1.29, 1.82) is 0 Å². The summed E-state index contributed by atoms with van der Waals surface area (Å²) in [7, 11) is -3.81. The fourth-order valence-corrected chi connectivity index (χ4v) is 2.10. The smallest absolute Gasteiger partial charge is 0.332 e. The number of hydrogen-bond acceptors (Lipinski definition) is 3. The number of aliphatic hydroxyl groups is 1. The second kappa shape index (κ2) is 5.77. The monoisotopic (exact) mass is 256 g/mol. The molecule has 6 heteroatoms. The van der Waals surface area contributed by atoms with E-state index in [0.29, 0.717) is 5.56 Å². The number of carbonyl (C=O) groups is 1. The average molecular weight is 256 g/mol. The molecule has 0 aromatic heterocycles. The van der Waals surface area contributed by atoms with Crippen molar-refractivity contribution >= 4 is 19.4 Å². The Morgan fingerprint density at radius 2 is 1.88 bits per heavy atom. The Morgan fingerprint density at radius 3 is 2.35 bits per heavy atom. The van der Waals surface area contributed by atoms with Crippen LogP contribution < -0.4 is 0 Å². The van der Waals surface area contributed by atoms with E-state index in [9.17, 15) is 14.3 Å². The quantitative estimate of drug-likeness (QED) is 0.546. The highest BCUT2D eigenvalue weighted by Gasteiger charge is 2.22. The van der Waals surface area contributed by atoms with E-state index in [0.717, 1.165) is 0 Å². The topological polar surface area (TPSA) is 94.8 Å². The van der Waals surface area contributed by atoms with Crippen molar-refractivity contribution in [2.45, 2.75) is 0 Å². The molecule has 5 nitrogen and oxygen atoms in total. The number of hydrogen-bond donors (Lipinski definition) is 3. The molecule has 0 spiro atoms. The van der Waals surface area contributed by atoms with Gasteiger partial charge in [-0.05, 0) is 11.6 Å². The average Bonchev–Trinajstić information content (AvgIpc) is 2.29. The summed E-state index contributed by atoms with van der Waals surface area (Å²) in [5.74, 6) is -1.27. The third-order valence-electron chi connectivity index (χ3n) is 2.05. The van der Waals surface area contributed by atoms with Gasteiger partial charge in [-0.2, -0.15) is 0 Å². The molecule has 17 heavy (non-hydrogen) atoms. The van der Waals surface area contributed by atoms with Gasteiger partial charge in [0.1, 0.15) is 6.35 Å². The van der Waals surface area contributed by atoms with Gasteiger partial charge in [0, 0.05) is 5.57 Å². The highest BCUT2D eigenvalue weighted by Crippen LogP contribution is 2.41. The summed E-state index contributed by atoms with van der Waals surface area (Å²) in [6.45, 7) is 0. The first kappa shape index (κ1) is 13.6. The van der Waals surface area contributed by atoms with Crippen LogP contribution in [-0.2, 0) is 9.36 Å². The zero-order chi connectivity index (χ0) is 12.9. The Kier molecular flexibility index (Phi) is 4.63. The molecule has 0 aliphatic rings. The Labute approximate surface area is 98.5 Å². The summed E-state index contributed by atoms with van der Waals surface area (Å²) >= 11 is 0. The summed E-state index contributed by atoms with van der Waals surface area (Å²) in [6.07, 6.45) is -0.152. The molecule has 1 aromatic carbocycles. The van der Waals surface area contributed by atoms with Crippen molar-refractivity contribution in [1.82, 2.24) is 0 Å². The second-order valence-corrected chi connectivity index (χ2v) is 5.82. The van der Waals surface area contributed by atoms with E-state index in [1.165, 1.54) is 6.08 Å². The molecule has 0 aliphatic carbocycles. The molecule has 0 heterocycles. The van der Waals surface area contributed by atoms with Crippen LogP contribution in [0.25, 0.3) is 6.08 Å². The summed E-state index contributed by atoms with van der Waals surface area (Å²) in [6, 6.07) is 8.61. The van der Waals surface area contributed by atoms with Crippen molar-refractivity contribution in [3.8, 4) is 0 Å². The fourth-order valence-electron chi connectivity index (χ4n) is 1.24. The van der Waals surface area contributed by atoms with Gasteiger partial charge in [0.25, 0.3) is 0 Å². The first-order valence-electron chi connectivity index (χ1n) is 4.85. The van der Waals surface area contributed by atoms with Gasteiger partial charge in [0.15, 0.2) is 0 Å². The molecule has 92 valence electrons. The second-order valence-electron chi connectivity index (χ2n) is 3.53. The standard InChI is InChI=1S/C11H13O5P/c12-8-17(15,16)7-10(11(13)14)6-9-4-2-1-3-5-9/h1-6,12H,7-8H2,(H,13,14)(H,15,16)/b10-6+. The number of carboxylic acids is 1. The van der Waals surface area contributed by atoms with Crippen LogP contribution in [0.4, 0.5) is 0 Å². The van der Waals surface area contributed by atoms with Crippen molar-refractivity contribution in [3.05, 3.63) is 41.5 Å². The predicted octanol–water partition coefficient (Wildman–Crippen LogP) is 1.37. The molecule has 1 aromatic rings. The van der Waals surface area contributed by atoms with Crippen molar-refractivity contribution < 1.29 is 24.5 Å². The van der Waals surface area contributed by atoms with Crippen LogP contribution >= 0.6 is 7.37 Å². The summed E-state index contributed by atoms with van der Waals surface area (Å²) < 4.78 is 11.3. The SMILES string of the molecule is O=C(O)/C(=C/c1ccccc1)CP(=O)(O)CO. The molecular formula is C11H13O5P. The lowest BCUT2D eigenvalue weighted by Crippen LogP contribution is -2.07. The molecular weight excluding hydrogens is 243 g/mol. The maximum atomic E-state index is 11.3. The van der Waals surface area contributed by atoms with Gasteiger partial charge < -0.3 is 15.1 Å². The largest absolute Gasteiger partial charge is 0.478 e. The minimum atomic E-state index is -3.81. The fraction of sp³-hybridized carbons (Fsp3) is 0.182. The highest BCUT2D eigenvalue weighted by molar-refractivity contribution is 7.58. The molecule has 0 amide bonds. The third-order valence-corrected chi connectivity index (χ3v) is 3.33. The minimum Gasteiger partial charge on any atom is -0.478 e. The zero-order valence-electron chi connectivity index (χ0n) is 8.98. The van der Waals surface area contributed by atoms with Crippen LogP contribution in [-0.4, -0.2) is 33.6 Å².